The van der Waals surface area contributed by atoms with Crippen molar-refractivity contribution >= 4 is 11.6 Å². The first-order valence-corrected chi connectivity index (χ1v) is 12.1. The fourth-order valence-corrected chi connectivity index (χ4v) is 6.34. The van der Waals surface area contributed by atoms with E-state index in [-0.39, 0.29) is 17.4 Å². The molecular weight excluding hydrogens is 376 g/mol. The summed E-state index contributed by atoms with van der Waals surface area (Å²) in [6.45, 7) is 5.35. The van der Waals surface area contributed by atoms with E-state index in [1.54, 1.807) is 0 Å². The smallest absolute Gasteiger partial charge is 0.274 e. The largest absolute Gasteiger partial charge is 0.321 e. The van der Waals surface area contributed by atoms with E-state index in [1.165, 1.54) is 44.5 Å². The van der Waals surface area contributed by atoms with E-state index >= 15 is 0 Å². The summed E-state index contributed by atoms with van der Waals surface area (Å²) < 4.78 is 1.97. The van der Waals surface area contributed by atoms with Crippen LogP contribution in [0.5, 0.6) is 0 Å². The Morgan fingerprint density at radius 2 is 1.77 bits per heavy atom. The number of carbonyl (C=O) groups is 1. The molecule has 0 unspecified atom stereocenters. The number of hydrogen-bond donors (Lipinski definition) is 1. The number of nitrogens with one attached hydrogen (secondary N) is 1. The van der Waals surface area contributed by atoms with Crippen LogP contribution in [0.3, 0.4) is 0 Å². The minimum atomic E-state index is -0.000833. The fourth-order valence-electron chi connectivity index (χ4n) is 6.34. The van der Waals surface area contributed by atoms with Gasteiger partial charge in [0.15, 0.2) is 0 Å². The molecule has 6 nitrogen and oxygen atoms in total. The molecule has 0 spiro atoms. The maximum absolute atomic E-state index is 13.2. The minimum absolute atomic E-state index is 0.000833. The predicted octanol–water partition coefficient (Wildman–Crippen LogP) is 2.88. The van der Waals surface area contributed by atoms with E-state index in [2.05, 4.69) is 28.2 Å². The molecule has 5 rings (SSSR count). The van der Waals surface area contributed by atoms with Crippen molar-refractivity contribution in [2.75, 3.05) is 38.5 Å². The summed E-state index contributed by atoms with van der Waals surface area (Å²) in [5.41, 5.74) is 1.64. The molecule has 0 aromatic carbocycles. The Morgan fingerprint density at radius 3 is 2.53 bits per heavy atom. The Balaban J connectivity index is 1.31. The van der Waals surface area contributed by atoms with Gasteiger partial charge >= 0.3 is 0 Å². The van der Waals surface area contributed by atoms with Gasteiger partial charge in [-0.3, -0.25) is 14.5 Å². The number of hydrogen-bond acceptors (Lipinski definition) is 4. The molecule has 3 aliphatic heterocycles. The van der Waals surface area contributed by atoms with Crippen molar-refractivity contribution in [2.45, 2.75) is 69.9 Å². The molecule has 4 aliphatic rings. The van der Waals surface area contributed by atoms with Crippen molar-refractivity contribution in [3.8, 4) is 0 Å². The van der Waals surface area contributed by atoms with Gasteiger partial charge in [-0.2, -0.15) is 0 Å². The van der Waals surface area contributed by atoms with Crippen LogP contribution in [0.1, 0.15) is 63.0 Å². The summed E-state index contributed by atoms with van der Waals surface area (Å²) in [4.78, 5) is 31.0. The van der Waals surface area contributed by atoms with E-state index in [0.29, 0.717) is 23.6 Å². The zero-order valence-corrected chi connectivity index (χ0v) is 18.3. The highest BCUT2D eigenvalue weighted by Gasteiger charge is 2.38. The molecule has 2 saturated heterocycles. The Hall–Kier alpha value is -1.66. The molecule has 6 heteroatoms. The molecule has 30 heavy (non-hydrogen) atoms. The van der Waals surface area contributed by atoms with Crippen LogP contribution in [-0.2, 0) is 11.3 Å². The van der Waals surface area contributed by atoms with E-state index in [9.17, 15) is 9.59 Å². The van der Waals surface area contributed by atoms with Gasteiger partial charge in [-0.05, 0) is 70.3 Å². The number of carbonyl (C=O) groups excluding carboxylic acids is 1. The molecular formula is C24H36N4O2. The van der Waals surface area contributed by atoms with Gasteiger partial charge in [-0.15, -0.1) is 0 Å². The van der Waals surface area contributed by atoms with E-state index in [0.717, 1.165) is 45.3 Å². The number of pyridine rings is 1. The molecule has 2 bridgehead atoms. The van der Waals surface area contributed by atoms with Gasteiger partial charge in [0, 0.05) is 43.2 Å². The normalized spacial score (nSPS) is 28.8. The van der Waals surface area contributed by atoms with Crippen LogP contribution in [0.15, 0.2) is 16.9 Å². The quantitative estimate of drug-likeness (QED) is 0.829. The van der Waals surface area contributed by atoms with Crippen molar-refractivity contribution in [3.05, 3.63) is 28.2 Å². The lowest BCUT2D eigenvalue weighted by Gasteiger charge is -2.47. The molecule has 1 aromatic heterocycles. The summed E-state index contributed by atoms with van der Waals surface area (Å²) in [6, 6.07) is 4.67. The number of fused-ring (bicyclic) bond motifs is 4. The van der Waals surface area contributed by atoms with Crippen molar-refractivity contribution in [1.29, 1.82) is 0 Å². The molecule has 1 N–H and O–H groups in total. The van der Waals surface area contributed by atoms with Gasteiger partial charge in [0.25, 0.3) is 5.56 Å². The highest BCUT2D eigenvalue weighted by atomic mass is 16.2. The Labute approximate surface area is 179 Å². The standard InChI is InChI=1S/C24H36N4O2/c1-26-11-9-20(10-12-26)27-14-17-13-19(16-27)22-8-7-21(24(30)28(22)15-17)25-23(29)18-5-3-2-4-6-18/h7-8,17-20H,2-6,9-16H2,1H3,(H,25,29)/t17-,19+/m0/s1. The first kappa shape index (κ1) is 20.3. The van der Waals surface area contributed by atoms with Crippen LogP contribution < -0.4 is 10.9 Å². The summed E-state index contributed by atoms with van der Waals surface area (Å²) in [5.74, 6) is 1.09. The first-order chi connectivity index (χ1) is 14.6. The summed E-state index contributed by atoms with van der Waals surface area (Å²) in [7, 11) is 2.22. The zero-order valence-electron chi connectivity index (χ0n) is 18.3. The van der Waals surface area contributed by atoms with E-state index in [4.69, 9.17) is 0 Å². The third kappa shape index (κ3) is 3.96. The zero-order chi connectivity index (χ0) is 20.7. The molecule has 1 saturated carbocycles. The average Bonchev–Trinajstić information content (AvgIpc) is 2.77. The van der Waals surface area contributed by atoms with Gasteiger partial charge in [0.1, 0.15) is 5.69 Å². The Bertz CT molecular complexity index is 836. The number of nitrogens with zero attached hydrogens (tertiary/aromatic N) is 3. The SMILES string of the molecule is CN1CCC(N2C[C@@H]3C[C@H](C2)c2ccc(NC(=O)C4CCCCC4)c(=O)n2C3)CC1. The minimum Gasteiger partial charge on any atom is -0.321 e. The highest BCUT2D eigenvalue weighted by molar-refractivity contribution is 5.92. The number of amides is 1. The molecule has 1 aliphatic carbocycles. The van der Waals surface area contributed by atoms with Crippen molar-refractivity contribution < 1.29 is 4.79 Å². The van der Waals surface area contributed by atoms with Gasteiger partial charge in [-0.1, -0.05) is 19.3 Å². The van der Waals surface area contributed by atoms with Crippen LogP contribution in [-0.4, -0.2) is 59.5 Å². The predicted molar refractivity (Wildman–Crippen MR) is 119 cm³/mol. The summed E-state index contributed by atoms with van der Waals surface area (Å²) in [6.07, 6.45) is 9.09. The molecule has 0 radical (unpaired) electrons. The second-order valence-corrected chi connectivity index (χ2v) is 10.2. The lowest BCUT2D eigenvalue weighted by Crippen LogP contribution is -2.53. The number of anilines is 1. The maximum atomic E-state index is 13.2. The van der Waals surface area contributed by atoms with Crippen LogP contribution in [0, 0.1) is 11.8 Å². The lowest BCUT2D eigenvalue weighted by molar-refractivity contribution is -0.120. The van der Waals surface area contributed by atoms with Gasteiger partial charge < -0.3 is 14.8 Å². The van der Waals surface area contributed by atoms with Gasteiger partial charge in [0.2, 0.25) is 5.91 Å². The molecule has 1 amide bonds. The second-order valence-electron chi connectivity index (χ2n) is 10.2. The average molecular weight is 413 g/mol. The highest BCUT2D eigenvalue weighted by Crippen LogP contribution is 2.37. The van der Waals surface area contributed by atoms with Crippen molar-refractivity contribution in [1.82, 2.24) is 14.4 Å². The number of aromatic nitrogens is 1. The van der Waals surface area contributed by atoms with Gasteiger partial charge in [-0.25, -0.2) is 0 Å². The van der Waals surface area contributed by atoms with Crippen LogP contribution in [0.4, 0.5) is 5.69 Å². The van der Waals surface area contributed by atoms with Gasteiger partial charge in [0.05, 0.1) is 0 Å². The van der Waals surface area contributed by atoms with Crippen LogP contribution in [0.25, 0.3) is 0 Å². The fraction of sp³-hybridized carbons (Fsp3) is 0.750. The third-order valence-corrected chi connectivity index (χ3v) is 8.07. The van der Waals surface area contributed by atoms with E-state index < -0.39 is 0 Å². The molecule has 1 aromatic rings. The third-order valence-electron chi connectivity index (χ3n) is 8.07. The Kier molecular flexibility index (Phi) is 5.71. The summed E-state index contributed by atoms with van der Waals surface area (Å²) >= 11 is 0. The van der Waals surface area contributed by atoms with Crippen LogP contribution in [0.2, 0.25) is 0 Å². The van der Waals surface area contributed by atoms with Crippen LogP contribution >= 0.6 is 0 Å². The number of rotatable bonds is 3. The first-order valence-electron chi connectivity index (χ1n) is 12.1. The number of likely N-dealkylation sites (tertiary alicyclic amines) is 2. The molecule has 4 heterocycles. The topological polar surface area (TPSA) is 57.6 Å². The van der Waals surface area contributed by atoms with Crippen molar-refractivity contribution in [3.63, 3.8) is 0 Å². The second kappa shape index (κ2) is 8.46. The lowest BCUT2D eigenvalue weighted by atomic mass is 9.82. The molecule has 2 atom stereocenters. The maximum Gasteiger partial charge on any atom is 0.274 e. The molecule has 164 valence electrons. The summed E-state index contributed by atoms with van der Waals surface area (Å²) in [5, 5.41) is 2.97. The van der Waals surface area contributed by atoms with Crippen molar-refractivity contribution in [2.24, 2.45) is 11.8 Å². The Morgan fingerprint density at radius 1 is 1.00 bits per heavy atom. The molecule has 3 fully saturated rings. The monoisotopic (exact) mass is 412 g/mol. The number of piperidine rings is 2. The van der Waals surface area contributed by atoms with E-state index in [1.807, 2.05) is 10.6 Å².